The predicted octanol–water partition coefficient (Wildman–Crippen LogP) is 5.51. The Bertz CT molecular complexity index is 1740. The Hall–Kier alpha value is -4.82. The molecular formula is C32H30N6O2. The third-order valence-electron chi connectivity index (χ3n) is 7.15. The van der Waals surface area contributed by atoms with E-state index in [9.17, 15) is 4.79 Å². The standard InChI is InChI=1S/C32H30N6O2/c1-2-23-15-16-29-26(18-23)19-28(32(39)33-29)30(31-34-35-36-38(31)21-25-12-7-4-8-13-25)37(22-27-14-9-17-40-27)20-24-10-5-3-6-11-24/h3-19,30H,2,20-22H2,1H3,(H,33,39)/t30-/m0/s1. The maximum absolute atomic E-state index is 13.8. The Labute approximate surface area is 231 Å². The largest absolute Gasteiger partial charge is 0.468 e. The molecule has 0 aliphatic heterocycles. The Balaban J connectivity index is 1.53. The van der Waals surface area contributed by atoms with Crippen molar-refractivity contribution in [1.29, 1.82) is 0 Å². The fraction of sp³-hybridized carbons (Fsp3) is 0.188. The van der Waals surface area contributed by atoms with Crippen molar-refractivity contribution in [2.24, 2.45) is 0 Å². The van der Waals surface area contributed by atoms with Gasteiger partial charge < -0.3 is 9.40 Å². The molecule has 8 heteroatoms. The van der Waals surface area contributed by atoms with Crippen LogP contribution in [0.1, 0.15) is 46.8 Å². The van der Waals surface area contributed by atoms with Crippen molar-refractivity contribution in [3.8, 4) is 0 Å². The summed E-state index contributed by atoms with van der Waals surface area (Å²) in [7, 11) is 0. The Morgan fingerprint density at radius 2 is 1.65 bits per heavy atom. The van der Waals surface area contributed by atoms with Crippen LogP contribution in [0.4, 0.5) is 0 Å². The van der Waals surface area contributed by atoms with E-state index in [1.165, 1.54) is 5.56 Å². The Morgan fingerprint density at radius 3 is 2.38 bits per heavy atom. The first-order valence-corrected chi connectivity index (χ1v) is 13.4. The quantitative estimate of drug-likeness (QED) is 0.251. The highest BCUT2D eigenvalue weighted by molar-refractivity contribution is 5.80. The Kier molecular flexibility index (Phi) is 7.32. The van der Waals surface area contributed by atoms with Gasteiger partial charge in [0.2, 0.25) is 0 Å². The molecule has 3 aromatic carbocycles. The summed E-state index contributed by atoms with van der Waals surface area (Å²) < 4.78 is 7.56. The highest BCUT2D eigenvalue weighted by atomic mass is 16.3. The topological polar surface area (TPSA) is 92.8 Å². The number of hydrogen-bond acceptors (Lipinski definition) is 6. The van der Waals surface area contributed by atoms with Gasteiger partial charge in [0.25, 0.3) is 5.56 Å². The van der Waals surface area contributed by atoms with Crippen LogP contribution in [0.2, 0.25) is 0 Å². The number of rotatable bonds is 10. The monoisotopic (exact) mass is 530 g/mol. The number of H-pyrrole nitrogens is 1. The van der Waals surface area contributed by atoms with Gasteiger partial charge in [0.1, 0.15) is 11.8 Å². The van der Waals surface area contributed by atoms with E-state index in [0.29, 0.717) is 31.0 Å². The van der Waals surface area contributed by atoms with Gasteiger partial charge in [0.15, 0.2) is 5.82 Å². The summed E-state index contributed by atoms with van der Waals surface area (Å²) in [6.45, 7) is 3.61. The van der Waals surface area contributed by atoms with E-state index in [1.54, 1.807) is 10.9 Å². The number of nitrogens with zero attached hydrogens (tertiary/aromatic N) is 5. The molecule has 0 amide bonds. The average Bonchev–Trinajstić information content (AvgIpc) is 3.67. The minimum atomic E-state index is -0.553. The summed E-state index contributed by atoms with van der Waals surface area (Å²) in [6.07, 6.45) is 2.57. The Morgan fingerprint density at radius 1 is 0.875 bits per heavy atom. The van der Waals surface area contributed by atoms with Crippen LogP contribution in [0.3, 0.4) is 0 Å². The highest BCUT2D eigenvalue weighted by Crippen LogP contribution is 2.30. The van der Waals surface area contributed by atoms with Gasteiger partial charge in [-0.05, 0) is 69.3 Å². The average molecular weight is 531 g/mol. The molecule has 0 bridgehead atoms. The van der Waals surface area contributed by atoms with Crippen molar-refractivity contribution in [3.05, 3.63) is 148 Å². The van der Waals surface area contributed by atoms with Gasteiger partial charge in [0, 0.05) is 17.6 Å². The first-order chi connectivity index (χ1) is 19.7. The molecule has 6 rings (SSSR count). The van der Waals surface area contributed by atoms with Gasteiger partial charge in [-0.1, -0.05) is 73.7 Å². The molecule has 0 fully saturated rings. The van der Waals surface area contributed by atoms with Crippen LogP contribution in [0, 0.1) is 0 Å². The molecule has 0 spiro atoms. The van der Waals surface area contributed by atoms with E-state index < -0.39 is 6.04 Å². The van der Waals surface area contributed by atoms with Gasteiger partial charge in [0.05, 0.1) is 19.4 Å². The van der Waals surface area contributed by atoms with E-state index in [0.717, 1.165) is 34.2 Å². The lowest BCUT2D eigenvalue weighted by Gasteiger charge is -2.30. The number of pyridine rings is 1. The van der Waals surface area contributed by atoms with Crippen LogP contribution in [0.25, 0.3) is 10.9 Å². The molecule has 0 saturated heterocycles. The van der Waals surface area contributed by atoms with Crippen molar-refractivity contribution >= 4 is 10.9 Å². The molecule has 0 aliphatic rings. The molecule has 40 heavy (non-hydrogen) atoms. The second kappa shape index (κ2) is 11.5. The molecule has 200 valence electrons. The fourth-order valence-corrected chi connectivity index (χ4v) is 5.13. The minimum Gasteiger partial charge on any atom is -0.468 e. The molecule has 3 heterocycles. The summed E-state index contributed by atoms with van der Waals surface area (Å²) >= 11 is 0. The van der Waals surface area contributed by atoms with Crippen LogP contribution in [0.15, 0.2) is 113 Å². The third kappa shape index (κ3) is 5.48. The first-order valence-electron chi connectivity index (χ1n) is 13.4. The van der Waals surface area contributed by atoms with Gasteiger partial charge >= 0.3 is 0 Å². The lowest BCUT2D eigenvalue weighted by atomic mass is 10.0. The maximum atomic E-state index is 13.8. The number of furan rings is 1. The van der Waals surface area contributed by atoms with Crippen molar-refractivity contribution in [1.82, 2.24) is 30.1 Å². The second-order valence-corrected chi connectivity index (χ2v) is 9.88. The number of benzene rings is 3. The SMILES string of the molecule is CCc1ccc2[nH]c(=O)c([C@@H](c3nnnn3Cc3ccccc3)N(Cc3ccccc3)Cc3ccco3)cc2c1. The zero-order valence-corrected chi connectivity index (χ0v) is 22.3. The molecule has 1 atom stereocenters. The molecule has 3 aromatic heterocycles. The highest BCUT2D eigenvalue weighted by Gasteiger charge is 2.31. The lowest BCUT2D eigenvalue weighted by molar-refractivity contribution is 0.179. The number of hydrogen-bond donors (Lipinski definition) is 1. The van der Waals surface area contributed by atoms with Crippen molar-refractivity contribution in [2.75, 3.05) is 0 Å². The number of fused-ring (bicyclic) bond motifs is 1. The molecule has 8 nitrogen and oxygen atoms in total. The van der Waals surface area contributed by atoms with Crippen molar-refractivity contribution < 1.29 is 4.42 Å². The summed E-state index contributed by atoms with van der Waals surface area (Å²) in [6, 6.07) is 31.7. The van der Waals surface area contributed by atoms with Crippen LogP contribution in [0.5, 0.6) is 0 Å². The van der Waals surface area contributed by atoms with E-state index in [2.05, 4.69) is 56.6 Å². The zero-order valence-electron chi connectivity index (χ0n) is 22.3. The van der Waals surface area contributed by atoms with Gasteiger partial charge in [-0.2, -0.15) is 0 Å². The molecule has 0 saturated carbocycles. The normalized spacial score (nSPS) is 12.2. The zero-order chi connectivity index (χ0) is 27.3. The van der Waals surface area contributed by atoms with Gasteiger partial charge in [-0.15, -0.1) is 5.10 Å². The van der Waals surface area contributed by atoms with Crippen LogP contribution < -0.4 is 5.56 Å². The lowest BCUT2D eigenvalue weighted by Crippen LogP contribution is -2.34. The number of nitrogens with one attached hydrogen (secondary N) is 1. The molecule has 0 unspecified atom stereocenters. The number of aromatic amines is 1. The molecule has 1 N–H and O–H groups in total. The number of aromatic nitrogens is 5. The molecule has 6 aromatic rings. The van der Waals surface area contributed by atoms with E-state index in [-0.39, 0.29) is 5.56 Å². The second-order valence-electron chi connectivity index (χ2n) is 9.88. The molecular weight excluding hydrogens is 500 g/mol. The predicted molar refractivity (Wildman–Crippen MR) is 154 cm³/mol. The van der Waals surface area contributed by atoms with Crippen molar-refractivity contribution in [3.63, 3.8) is 0 Å². The number of aryl methyl sites for hydroxylation is 1. The molecule has 0 aliphatic carbocycles. The van der Waals surface area contributed by atoms with E-state index in [4.69, 9.17) is 4.42 Å². The summed E-state index contributed by atoms with van der Waals surface area (Å²) in [5.74, 6) is 1.37. The van der Waals surface area contributed by atoms with Gasteiger partial charge in [-0.3, -0.25) is 9.69 Å². The van der Waals surface area contributed by atoms with Crippen LogP contribution >= 0.6 is 0 Å². The van der Waals surface area contributed by atoms with Crippen LogP contribution in [-0.2, 0) is 26.1 Å². The van der Waals surface area contributed by atoms with Gasteiger partial charge in [-0.25, -0.2) is 4.68 Å². The fourth-order valence-electron chi connectivity index (χ4n) is 5.13. The summed E-state index contributed by atoms with van der Waals surface area (Å²) in [4.78, 5) is 19.1. The number of tetrazole rings is 1. The third-order valence-corrected chi connectivity index (χ3v) is 7.15. The maximum Gasteiger partial charge on any atom is 0.253 e. The summed E-state index contributed by atoms with van der Waals surface area (Å²) in [5, 5.41) is 13.9. The minimum absolute atomic E-state index is 0.173. The summed E-state index contributed by atoms with van der Waals surface area (Å²) in [5.41, 5.74) is 4.57. The van der Waals surface area contributed by atoms with Crippen molar-refractivity contribution in [2.45, 2.75) is 39.0 Å². The first kappa shape index (κ1) is 25.5. The van der Waals surface area contributed by atoms with Crippen LogP contribution in [-0.4, -0.2) is 30.1 Å². The smallest absolute Gasteiger partial charge is 0.253 e. The van der Waals surface area contributed by atoms with E-state index >= 15 is 0 Å². The van der Waals surface area contributed by atoms with E-state index in [1.807, 2.05) is 72.8 Å². The molecule has 0 radical (unpaired) electrons.